The molecule has 4 N–H and O–H groups in total. The number of rotatable bonds is 10. The fourth-order valence-electron chi connectivity index (χ4n) is 10.2. The third-order valence-electron chi connectivity index (χ3n) is 13.4. The fraction of sp³-hybridized carbons (Fsp3) is 0.0678. The molecule has 12 rings (SSSR count). The second kappa shape index (κ2) is 17.5. The second-order valence-corrected chi connectivity index (χ2v) is 17.5. The standard InChI is InChI=1S/C59H45N9O3/c1-4-14-35(2)67-57(49-34-60-50-24-12-11-21-47(50)56(49)66-67)64-59(70)63-55-46-20-10-7-17-43(46)53-40(22-13-23-48(53)55)36-25-29-38(30-26-36)68-52(33-51(65-68)37-27-31-39(71-3)32-28-37)61-58(69)62-54-44-18-8-5-15-41(44)42-16-6-9-19-45(42)54/h4-34,54-55H,1H2,2-3H3,(H2,61,62,69)(H2,63,64,70)/b35-14+. The summed E-state index contributed by atoms with van der Waals surface area (Å²) in [7, 11) is 1.64. The number of carbonyl (C=O) groups excluding carboxylic acids is 2. The Kier molecular flexibility index (Phi) is 10.6. The van der Waals surface area contributed by atoms with E-state index in [0.29, 0.717) is 22.7 Å². The van der Waals surface area contributed by atoms with Crippen molar-refractivity contribution in [2.75, 3.05) is 17.7 Å². The molecule has 344 valence electrons. The summed E-state index contributed by atoms with van der Waals surface area (Å²) in [4.78, 5) is 33.0. The number of urea groups is 2. The summed E-state index contributed by atoms with van der Waals surface area (Å²) in [5.41, 5.74) is 14.9. The first kappa shape index (κ1) is 42.8. The summed E-state index contributed by atoms with van der Waals surface area (Å²) in [6, 6.07) is 54.7. The highest BCUT2D eigenvalue weighted by Gasteiger charge is 2.33. The fourth-order valence-corrected chi connectivity index (χ4v) is 10.2. The van der Waals surface area contributed by atoms with Gasteiger partial charge in [0, 0.05) is 28.9 Å². The van der Waals surface area contributed by atoms with Crippen molar-refractivity contribution < 1.29 is 14.3 Å². The Bertz CT molecular complexity index is 3750. The number of methoxy groups -OCH3 is 1. The summed E-state index contributed by atoms with van der Waals surface area (Å²) in [6.07, 6.45) is 5.30. The maximum atomic E-state index is 14.3. The molecule has 12 nitrogen and oxygen atoms in total. The van der Waals surface area contributed by atoms with Crippen LogP contribution in [0.3, 0.4) is 0 Å². The molecule has 1 unspecified atom stereocenters. The van der Waals surface area contributed by atoms with E-state index in [2.05, 4.69) is 88.5 Å². The van der Waals surface area contributed by atoms with Crippen molar-refractivity contribution in [2.45, 2.75) is 19.0 Å². The number of allylic oxidation sites excluding steroid dienone is 3. The van der Waals surface area contributed by atoms with Crippen LogP contribution < -0.4 is 26.0 Å². The molecule has 2 aliphatic rings. The van der Waals surface area contributed by atoms with Crippen molar-refractivity contribution in [2.24, 2.45) is 0 Å². The number of ether oxygens (including phenoxy) is 1. The van der Waals surface area contributed by atoms with Crippen LogP contribution in [-0.2, 0) is 0 Å². The largest absolute Gasteiger partial charge is 0.497 e. The molecule has 3 aromatic heterocycles. The number of hydrogen-bond donors (Lipinski definition) is 4. The molecule has 10 aromatic rings. The quantitative estimate of drug-likeness (QED) is 0.101. The minimum atomic E-state index is -0.446. The van der Waals surface area contributed by atoms with Crippen LogP contribution in [0.2, 0.25) is 0 Å². The van der Waals surface area contributed by atoms with Crippen molar-refractivity contribution in [1.82, 2.24) is 35.2 Å². The topological polar surface area (TPSA) is 140 Å². The van der Waals surface area contributed by atoms with Crippen molar-refractivity contribution >= 4 is 51.2 Å². The summed E-state index contributed by atoms with van der Waals surface area (Å²) in [5.74, 6) is 1.73. The van der Waals surface area contributed by atoms with Gasteiger partial charge in [-0.2, -0.15) is 10.2 Å². The smallest absolute Gasteiger partial charge is 0.321 e. The van der Waals surface area contributed by atoms with Gasteiger partial charge in [0.2, 0.25) is 0 Å². The molecule has 3 heterocycles. The van der Waals surface area contributed by atoms with Crippen LogP contribution >= 0.6 is 0 Å². The third kappa shape index (κ3) is 7.45. The Labute approximate surface area is 409 Å². The minimum absolute atomic E-state index is 0.321. The minimum Gasteiger partial charge on any atom is -0.497 e. The lowest BCUT2D eigenvalue weighted by molar-refractivity contribution is 0.249. The Balaban J connectivity index is 0.855. The third-order valence-corrected chi connectivity index (χ3v) is 13.4. The lowest BCUT2D eigenvalue weighted by Gasteiger charge is -2.18. The molecule has 1 atom stereocenters. The molecule has 71 heavy (non-hydrogen) atoms. The van der Waals surface area contributed by atoms with Crippen LogP contribution in [0.15, 0.2) is 195 Å². The SMILES string of the molecule is C=C/C=C(\C)n1nc2c(cnc3ccccc32)c1NC(=O)NC1c2ccccc2-c2c(-c3ccc(-n4nc(-c5ccc(OC)cc5)cc4NC(=O)NC4c5ccccc5-c5ccccc54)cc3)cccc21. The zero-order valence-electron chi connectivity index (χ0n) is 38.7. The van der Waals surface area contributed by atoms with E-state index in [1.165, 1.54) is 0 Å². The normalized spacial score (nSPS) is 13.5. The van der Waals surface area contributed by atoms with E-state index >= 15 is 0 Å². The monoisotopic (exact) mass is 927 g/mol. The summed E-state index contributed by atoms with van der Waals surface area (Å²) < 4.78 is 8.91. The van der Waals surface area contributed by atoms with E-state index in [-0.39, 0.29) is 18.1 Å². The molecular weight excluding hydrogens is 883 g/mol. The number of fused-ring (bicyclic) bond motifs is 9. The van der Waals surface area contributed by atoms with Gasteiger partial charge in [-0.15, -0.1) is 0 Å². The van der Waals surface area contributed by atoms with Crippen LogP contribution in [0.1, 0.15) is 41.3 Å². The van der Waals surface area contributed by atoms with Gasteiger partial charge in [0.25, 0.3) is 0 Å². The maximum Gasteiger partial charge on any atom is 0.321 e. The van der Waals surface area contributed by atoms with Crippen LogP contribution in [0, 0.1) is 0 Å². The Morgan fingerprint density at radius 3 is 1.92 bits per heavy atom. The molecule has 7 aromatic carbocycles. The van der Waals surface area contributed by atoms with Crippen molar-refractivity contribution in [3.05, 3.63) is 217 Å². The van der Waals surface area contributed by atoms with Gasteiger partial charge in [-0.25, -0.2) is 19.0 Å². The number of para-hydroxylation sites is 1. The van der Waals surface area contributed by atoms with Crippen LogP contribution in [0.25, 0.3) is 77.8 Å². The van der Waals surface area contributed by atoms with Gasteiger partial charge in [0.15, 0.2) is 0 Å². The molecule has 12 heteroatoms. The number of nitrogens with one attached hydrogen (secondary N) is 4. The number of carbonyl (C=O) groups is 2. The summed E-state index contributed by atoms with van der Waals surface area (Å²) >= 11 is 0. The predicted octanol–water partition coefficient (Wildman–Crippen LogP) is 12.9. The van der Waals surface area contributed by atoms with Gasteiger partial charge in [-0.1, -0.05) is 134 Å². The van der Waals surface area contributed by atoms with E-state index < -0.39 is 6.04 Å². The molecule has 0 fully saturated rings. The summed E-state index contributed by atoms with van der Waals surface area (Å²) in [6.45, 7) is 5.80. The van der Waals surface area contributed by atoms with E-state index in [1.54, 1.807) is 28.7 Å². The molecule has 0 aliphatic heterocycles. The van der Waals surface area contributed by atoms with Crippen LogP contribution in [0.4, 0.5) is 21.2 Å². The van der Waals surface area contributed by atoms with E-state index in [0.717, 1.165) is 94.8 Å². The van der Waals surface area contributed by atoms with Gasteiger partial charge in [0.05, 0.1) is 41.5 Å². The highest BCUT2D eigenvalue weighted by atomic mass is 16.5. The molecule has 0 radical (unpaired) electrons. The molecular formula is C59H45N9O3. The second-order valence-electron chi connectivity index (χ2n) is 17.5. The van der Waals surface area contributed by atoms with Crippen molar-refractivity contribution in [3.63, 3.8) is 0 Å². The first-order chi connectivity index (χ1) is 34.8. The van der Waals surface area contributed by atoms with E-state index in [4.69, 9.17) is 19.9 Å². The number of pyridine rings is 1. The summed E-state index contributed by atoms with van der Waals surface area (Å²) in [5, 5.41) is 24.4. The van der Waals surface area contributed by atoms with Crippen LogP contribution in [0.5, 0.6) is 5.75 Å². The highest BCUT2D eigenvalue weighted by molar-refractivity contribution is 6.10. The average Bonchev–Trinajstić information content (AvgIpc) is 4.17. The number of amides is 4. The molecule has 0 saturated carbocycles. The maximum absolute atomic E-state index is 14.3. The number of nitrogens with zero attached hydrogens (tertiary/aromatic N) is 5. The lowest BCUT2D eigenvalue weighted by atomic mass is 9.94. The van der Waals surface area contributed by atoms with Gasteiger partial charge in [0.1, 0.15) is 22.9 Å². The van der Waals surface area contributed by atoms with Crippen molar-refractivity contribution in [1.29, 1.82) is 0 Å². The van der Waals surface area contributed by atoms with Gasteiger partial charge in [-0.05, 0) is 111 Å². The first-order valence-corrected chi connectivity index (χ1v) is 23.3. The van der Waals surface area contributed by atoms with Gasteiger partial charge >= 0.3 is 12.1 Å². The lowest BCUT2D eigenvalue weighted by Crippen LogP contribution is -2.33. The zero-order valence-corrected chi connectivity index (χ0v) is 38.7. The number of anilines is 2. The van der Waals surface area contributed by atoms with Crippen LogP contribution in [-0.4, -0.2) is 43.7 Å². The highest BCUT2D eigenvalue weighted by Crippen LogP contribution is 2.48. The number of benzene rings is 7. The predicted molar refractivity (Wildman–Crippen MR) is 281 cm³/mol. The number of hydrogen-bond acceptors (Lipinski definition) is 6. The average molecular weight is 928 g/mol. The Morgan fingerprint density at radius 2 is 1.21 bits per heavy atom. The van der Waals surface area contributed by atoms with Gasteiger partial charge in [-0.3, -0.25) is 15.6 Å². The molecule has 4 amide bonds. The van der Waals surface area contributed by atoms with Crippen molar-refractivity contribution in [3.8, 4) is 56.1 Å². The molecule has 0 spiro atoms. The Hall–Kier alpha value is -9.55. The first-order valence-electron chi connectivity index (χ1n) is 23.3. The Morgan fingerprint density at radius 1 is 0.620 bits per heavy atom. The molecule has 0 saturated heterocycles. The van der Waals surface area contributed by atoms with Gasteiger partial charge < -0.3 is 15.4 Å². The zero-order chi connectivity index (χ0) is 48.2. The molecule has 2 aliphatic carbocycles. The van der Waals surface area contributed by atoms with E-state index in [9.17, 15) is 9.59 Å². The van der Waals surface area contributed by atoms with E-state index in [1.807, 2.05) is 122 Å². The molecule has 0 bridgehead atoms. The number of aromatic nitrogens is 5.